The van der Waals surface area contributed by atoms with Crippen LogP contribution in [0.4, 0.5) is 0 Å². The van der Waals surface area contributed by atoms with Crippen molar-refractivity contribution in [2.45, 2.75) is 56.6 Å². The lowest BCUT2D eigenvalue weighted by Crippen LogP contribution is -3.00. The number of H-pyrrole nitrogens is 1. The predicted octanol–water partition coefficient (Wildman–Crippen LogP) is 0.524. The number of carbonyl (C=O) groups excluding carboxylic acids is 1. The summed E-state index contributed by atoms with van der Waals surface area (Å²) in [4.78, 5) is 33.2. The number of thiol groups is 2. The fourth-order valence-electron chi connectivity index (χ4n) is 5.01. The fourth-order valence-corrected chi connectivity index (χ4v) is 5.41. The van der Waals surface area contributed by atoms with Crippen molar-refractivity contribution >= 4 is 48.0 Å². The van der Waals surface area contributed by atoms with Crippen LogP contribution in [0.5, 0.6) is 5.75 Å². The van der Waals surface area contributed by atoms with Gasteiger partial charge >= 0.3 is 11.9 Å². The molecule has 0 aliphatic heterocycles. The summed E-state index contributed by atoms with van der Waals surface area (Å²) in [5.41, 5.74) is 3.84. The second-order valence-electron chi connectivity index (χ2n) is 10.1. The standard InChI is InChI=1S/C25H29N3O4S2.ClH/c1-13-18(11-25(34,12-33)21(30)31)28(8-7-19(13)32-6)22-26-16-9-14-15(10-17(16)27-22)24(4,5)20(29)23(14,2)3;/h7-10H,11-12H2,1-6H3,(H3-,26,27,30,31,33,34);1H. The van der Waals surface area contributed by atoms with E-state index in [2.05, 4.69) is 30.2 Å². The number of nitrogens with zero attached hydrogens (tertiary/aromatic N) is 2. The van der Waals surface area contributed by atoms with E-state index in [1.54, 1.807) is 13.3 Å². The van der Waals surface area contributed by atoms with Gasteiger partial charge in [-0.2, -0.15) is 25.3 Å². The first-order valence-electron chi connectivity index (χ1n) is 11.0. The molecule has 2 aromatic heterocycles. The van der Waals surface area contributed by atoms with E-state index >= 15 is 0 Å². The summed E-state index contributed by atoms with van der Waals surface area (Å²) in [7, 11) is 1.58. The lowest BCUT2D eigenvalue weighted by atomic mass is 9.80. The van der Waals surface area contributed by atoms with Gasteiger partial charge in [0.15, 0.2) is 11.3 Å². The molecule has 1 atom stereocenters. The summed E-state index contributed by atoms with van der Waals surface area (Å²) < 4.78 is 5.95. The number of benzene rings is 1. The molecule has 1 unspecified atom stereocenters. The number of Topliss-reactive ketones (excluding diaryl/α,β-unsaturated/α-hetero) is 1. The van der Waals surface area contributed by atoms with Crippen LogP contribution in [0.3, 0.4) is 0 Å². The van der Waals surface area contributed by atoms with E-state index in [9.17, 15) is 14.7 Å². The molecule has 0 radical (unpaired) electrons. The van der Waals surface area contributed by atoms with E-state index in [1.165, 1.54) is 0 Å². The predicted molar refractivity (Wildman–Crippen MR) is 137 cm³/mol. The Bertz CT molecular complexity index is 1300. The summed E-state index contributed by atoms with van der Waals surface area (Å²) in [6, 6.07) is 5.82. The molecule has 7 nitrogen and oxygen atoms in total. The number of methoxy groups -OCH3 is 1. The number of carboxylic acid groups (broad SMARTS) is 1. The largest absolute Gasteiger partial charge is 1.00 e. The third-order valence-electron chi connectivity index (χ3n) is 7.13. The highest BCUT2D eigenvalue weighted by atomic mass is 35.5. The molecule has 2 heterocycles. The molecule has 1 aliphatic rings. The molecule has 0 spiro atoms. The van der Waals surface area contributed by atoms with Gasteiger partial charge in [-0.15, -0.1) is 0 Å². The maximum Gasteiger partial charge on any atom is 0.402 e. The summed E-state index contributed by atoms with van der Waals surface area (Å²) >= 11 is 8.69. The number of carbonyl (C=O) groups is 2. The number of rotatable bonds is 6. The SMILES string of the molecule is COc1cc[n+](-c2nc3cc4c(cc3[nH]2)C(C)(C)C(=O)C4(C)C)c(CC(S)(CS)C(=O)O)c1C.[Cl-]. The van der Waals surface area contributed by atoms with Crippen molar-refractivity contribution in [1.82, 2.24) is 9.97 Å². The maximum atomic E-state index is 13.0. The maximum absolute atomic E-state index is 13.0. The molecule has 0 amide bonds. The lowest BCUT2D eigenvalue weighted by molar-refractivity contribution is -0.612. The Morgan fingerprint density at radius 2 is 1.83 bits per heavy atom. The van der Waals surface area contributed by atoms with Crippen LogP contribution < -0.4 is 21.7 Å². The fraction of sp³-hybridized carbons (Fsp3) is 0.440. The van der Waals surface area contributed by atoms with Crippen LogP contribution in [-0.4, -0.2) is 44.4 Å². The summed E-state index contributed by atoms with van der Waals surface area (Å²) in [6.45, 7) is 9.71. The second kappa shape index (κ2) is 9.01. The zero-order chi connectivity index (χ0) is 25.2. The third-order valence-corrected chi connectivity index (χ3v) is 8.42. The van der Waals surface area contributed by atoms with Gasteiger partial charge in [-0.3, -0.25) is 9.59 Å². The number of imidazole rings is 1. The molecule has 0 saturated carbocycles. The van der Waals surface area contributed by atoms with E-state index in [4.69, 9.17) is 9.72 Å². The van der Waals surface area contributed by atoms with Crippen LogP contribution in [0.25, 0.3) is 17.0 Å². The Hall–Kier alpha value is -2.23. The van der Waals surface area contributed by atoms with Gasteiger partial charge in [-0.05, 0) is 57.9 Å². The first-order valence-corrected chi connectivity index (χ1v) is 12.1. The molecule has 188 valence electrons. The van der Waals surface area contributed by atoms with Gasteiger partial charge in [0.05, 0.1) is 19.0 Å². The van der Waals surface area contributed by atoms with Gasteiger partial charge in [-0.25, -0.2) is 9.55 Å². The summed E-state index contributed by atoms with van der Waals surface area (Å²) in [5, 5.41) is 9.78. The van der Waals surface area contributed by atoms with Gasteiger partial charge in [0.2, 0.25) is 0 Å². The Balaban J connectivity index is 0.00000342. The molecule has 0 fully saturated rings. The van der Waals surface area contributed by atoms with Crippen molar-refractivity contribution in [3.8, 4) is 11.7 Å². The lowest BCUT2D eigenvalue weighted by Gasteiger charge is -2.23. The van der Waals surface area contributed by atoms with Gasteiger partial charge in [0.1, 0.15) is 16.0 Å². The van der Waals surface area contributed by atoms with Crippen molar-refractivity contribution in [2.24, 2.45) is 0 Å². The highest BCUT2D eigenvalue weighted by Gasteiger charge is 2.51. The van der Waals surface area contributed by atoms with E-state index in [1.807, 2.05) is 57.4 Å². The molecule has 2 N–H and O–H groups in total. The van der Waals surface area contributed by atoms with Crippen molar-refractivity contribution in [3.63, 3.8) is 0 Å². The van der Waals surface area contributed by atoms with Gasteiger partial charge in [-0.1, -0.05) is 4.98 Å². The summed E-state index contributed by atoms with van der Waals surface area (Å²) in [6.07, 6.45) is 1.92. The molecule has 35 heavy (non-hydrogen) atoms. The van der Waals surface area contributed by atoms with Crippen molar-refractivity contribution in [2.75, 3.05) is 12.9 Å². The molecule has 1 aliphatic carbocycles. The Morgan fingerprint density at radius 1 is 1.23 bits per heavy atom. The van der Waals surface area contributed by atoms with E-state index in [0.29, 0.717) is 17.4 Å². The number of hydrogen-bond acceptors (Lipinski definition) is 6. The number of carboxylic acids is 1. The molecular formula is C25H30ClN3O4S2. The van der Waals surface area contributed by atoms with E-state index in [0.717, 1.165) is 27.7 Å². The minimum atomic E-state index is -1.37. The Morgan fingerprint density at radius 3 is 2.37 bits per heavy atom. The average Bonchev–Trinajstić information content (AvgIpc) is 3.26. The van der Waals surface area contributed by atoms with Crippen LogP contribution in [-0.2, 0) is 26.8 Å². The first-order chi connectivity index (χ1) is 15.8. The zero-order valence-electron chi connectivity index (χ0n) is 20.6. The van der Waals surface area contributed by atoms with Crippen molar-refractivity contribution < 1.29 is 36.4 Å². The Labute approximate surface area is 221 Å². The van der Waals surface area contributed by atoms with Crippen LogP contribution >= 0.6 is 25.3 Å². The van der Waals surface area contributed by atoms with E-state index in [-0.39, 0.29) is 30.4 Å². The smallest absolute Gasteiger partial charge is 0.402 e. The number of aromatic amines is 1. The number of nitrogens with one attached hydrogen (secondary N) is 1. The topological polar surface area (TPSA) is 96.2 Å². The highest BCUT2D eigenvalue weighted by molar-refractivity contribution is 7.86. The van der Waals surface area contributed by atoms with Gasteiger partial charge in [0, 0.05) is 34.6 Å². The molecule has 3 aromatic rings. The van der Waals surface area contributed by atoms with Crippen molar-refractivity contribution in [3.05, 3.63) is 46.8 Å². The van der Waals surface area contributed by atoms with Crippen LogP contribution in [0.15, 0.2) is 24.4 Å². The third kappa shape index (κ3) is 4.11. The quantitative estimate of drug-likeness (QED) is 0.273. The van der Waals surface area contributed by atoms with E-state index < -0.39 is 21.5 Å². The number of aromatic nitrogens is 3. The van der Waals surface area contributed by atoms with Gasteiger partial charge < -0.3 is 22.3 Å². The molecule has 10 heteroatoms. The van der Waals surface area contributed by atoms with Crippen LogP contribution in [0, 0.1) is 6.92 Å². The van der Waals surface area contributed by atoms with Crippen molar-refractivity contribution in [1.29, 1.82) is 0 Å². The minimum Gasteiger partial charge on any atom is -1.00 e. The second-order valence-corrected chi connectivity index (χ2v) is 11.2. The van der Waals surface area contributed by atoms with Crippen LogP contribution in [0.1, 0.15) is 50.1 Å². The Kier molecular flexibility index (Phi) is 7.05. The average molecular weight is 536 g/mol. The number of ether oxygens (including phenoxy) is 1. The van der Waals surface area contributed by atoms with Gasteiger partial charge in [0.25, 0.3) is 0 Å². The molecule has 4 rings (SSSR count). The molecular weight excluding hydrogens is 506 g/mol. The zero-order valence-corrected chi connectivity index (χ0v) is 23.1. The first kappa shape index (κ1) is 27.4. The molecule has 1 aromatic carbocycles. The summed E-state index contributed by atoms with van der Waals surface area (Å²) in [5.74, 6) is 0.378. The number of hydrogen-bond donors (Lipinski definition) is 4. The molecule has 0 bridgehead atoms. The minimum absolute atomic E-state index is 0. The van der Waals surface area contributed by atoms with Crippen LogP contribution in [0.2, 0.25) is 0 Å². The number of fused-ring (bicyclic) bond motifs is 2. The normalized spacial score (nSPS) is 17.5. The monoisotopic (exact) mass is 535 g/mol. The number of halogens is 1. The highest BCUT2D eigenvalue weighted by Crippen LogP contribution is 2.47. The number of aliphatic carboxylic acids is 1. The number of pyridine rings is 1. The molecule has 0 saturated heterocycles. The number of ketones is 1.